The van der Waals surface area contributed by atoms with Gasteiger partial charge in [0.25, 0.3) is 0 Å². The van der Waals surface area contributed by atoms with Crippen LogP contribution < -0.4 is 5.43 Å². The number of rotatable bonds is 10. The van der Waals surface area contributed by atoms with Crippen LogP contribution in [-0.4, -0.2) is 24.9 Å². The quantitative estimate of drug-likeness (QED) is 0.273. The number of benzene rings is 2. The van der Waals surface area contributed by atoms with Gasteiger partial charge in [0, 0.05) is 5.56 Å². The Labute approximate surface area is 194 Å². The molecular formula is C27H38O3Sn. The van der Waals surface area contributed by atoms with Gasteiger partial charge in [0.2, 0.25) is 11.2 Å². The summed E-state index contributed by atoms with van der Waals surface area (Å²) in [6, 6.07) is 15.9. The van der Waals surface area contributed by atoms with E-state index < -0.39 is 25.2 Å². The molecule has 3 aromatic rings. The molecule has 0 aliphatic carbocycles. The van der Waals surface area contributed by atoms with E-state index in [4.69, 9.17) is 4.42 Å². The fourth-order valence-electron chi connectivity index (χ4n) is 3.83. The van der Waals surface area contributed by atoms with Crippen molar-refractivity contribution in [1.29, 1.82) is 0 Å². The zero-order chi connectivity index (χ0) is 22.5. The Morgan fingerprint density at radius 3 is 1.84 bits per heavy atom. The average molecular weight is 529 g/mol. The second kappa shape index (κ2) is 14.3. The molecule has 0 unspecified atom stereocenters. The Bertz CT molecular complexity index is 931. The molecule has 0 amide bonds. The van der Waals surface area contributed by atoms with Gasteiger partial charge in [0.15, 0.2) is 5.76 Å². The largest absolute Gasteiger partial charge is 0.502 e. The van der Waals surface area contributed by atoms with Crippen LogP contribution in [0.4, 0.5) is 0 Å². The van der Waals surface area contributed by atoms with E-state index >= 15 is 0 Å². The van der Waals surface area contributed by atoms with Crippen LogP contribution in [0, 0.1) is 0 Å². The van der Waals surface area contributed by atoms with Crippen LogP contribution in [0.5, 0.6) is 5.75 Å². The molecule has 0 spiro atoms. The van der Waals surface area contributed by atoms with E-state index in [1.165, 1.54) is 38.5 Å². The van der Waals surface area contributed by atoms with Gasteiger partial charge in [-0.05, 0) is 12.1 Å². The van der Waals surface area contributed by atoms with Gasteiger partial charge in [-0.2, -0.15) is 0 Å². The SMILES string of the molecule is CCC[CH2][SnH]([CH2]CCC)[CH2]CCC.O=c1c(O)c(-c2ccccc2)oc2ccccc12. The summed E-state index contributed by atoms with van der Waals surface area (Å²) in [5, 5.41) is 10.3. The maximum absolute atomic E-state index is 12.0. The Morgan fingerprint density at radius 2 is 1.29 bits per heavy atom. The molecule has 3 rings (SSSR count). The molecule has 3 nitrogen and oxygen atoms in total. The fourth-order valence-corrected chi connectivity index (χ4v) is 14.7. The maximum atomic E-state index is 12.0. The first-order valence-electron chi connectivity index (χ1n) is 11.9. The Balaban J connectivity index is 0.000000235. The molecule has 0 radical (unpaired) electrons. The van der Waals surface area contributed by atoms with Crippen molar-refractivity contribution >= 4 is 30.7 Å². The van der Waals surface area contributed by atoms with Gasteiger partial charge in [-0.3, -0.25) is 4.79 Å². The molecule has 0 aliphatic rings. The molecule has 4 heteroatoms. The summed E-state index contributed by atoms with van der Waals surface area (Å²) in [5.74, 6) is -0.140. The number of aromatic hydroxyl groups is 1. The molecule has 1 heterocycles. The van der Waals surface area contributed by atoms with Crippen molar-refractivity contribution in [3.63, 3.8) is 0 Å². The van der Waals surface area contributed by atoms with Crippen LogP contribution in [0.1, 0.15) is 59.3 Å². The van der Waals surface area contributed by atoms with Crippen molar-refractivity contribution in [2.24, 2.45) is 0 Å². The van der Waals surface area contributed by atoms with E-state index in [-0.39, 0.29) is 11.5 Å². The third kappa shape index (κ3) is 8.02. The minimum Gasteiger partial charge on any atom is -0.502 e. The van der Waals surface area contributed by atoms with Crippen molar-refractivity contribution in [2.45, 2.75) is 72.6 Å². The molecule has 2 aromatic carbocycles. The predicted molar refractivity (Wildman–Crippen MR) is 136 cm³/mol. The van der Waals surface area contributed by atoms with Crippen LogP contribution in [0.25, 0.3) is 22.3 Å². The van der Waals surface area contributed by atoms with E-state index in [9.17, 15) is 9.90 Å². The number of hydrogen-bond acceptors (Lipinski definition) is 3. The minimum atomic E-state index is -0.967. The summed E-state index contributed by atoms with van der Waals surface area (Å²) in [5.41, 5.74) is 0.743. The first-order valence-corrected chi connectivity index (χ1v) is 18.9. The maximum Gasteiger partial charge on any atom is 0.235 e. The summed E-state index contributed by atoms with van der Waals surface area (Å²) in [4.78, 5) is 12.0. The van der Waals surface area contributed by atoms with Gasteiger partial charge in [0.1, 0.15) is 5.58 Å². The summed E-state index contributed by atoms with van der Waals surface area (Å²) < 4.78 is 10.7. The molecule has 0 fully saturated rings. The molecule has 1 aromatic heterocycles. The van der Waals surface area contributed by atoms with Crippen molar-refractivity contribution in [2.75, 3.05) is 0 Å². The van der Waals surface area contributed by atoms with Crippen LogP contribution in [-0.2, 0) is 0 Å². The molecule has 0 saturated heterocycles. The zero-order valence-corrected chi connectivity index (χ0v) is 22.7. The van der Waals surface area contributed by atoms with Gasteiger partial charge < -0.3 is 9.52 Å². The number of hydrogen-bond donors (Lipinski definition) is 1. The topological polar surface area (TPSA) is 50.4 Å². The van der Waals surface area contributed by atoms with E-state index in [0.717, 1.165) is 0 Å². The monoisotopic (exact) mass is 530 g/mol. The van der Waals surface area contributed by atoms with Crippen LogP contribution in [0.3, 0.4) is 0 Å². The van der Waals surface area contributed by atoms with Gasteiger partial charge in [-0.1, -0.05) is 42.5 Å². The van der Waals surface area contributed by atoms with Gasteiger partial charge in [-0.15, -0.1) is 0 Å². The van der Waals surface area contributed by atoms with Crippen molar-refractivity contribution in [3.8, 4) is 17.1 Å². The van der Waals surface area contributed by atoms with Crippen molar-refractivity contribution in [1.82, 2.24) is 0 Å². The van der Waals surface area contributed by atoms with E-state index in [1.807, 2.05) is 18.2 Å². The minimum absolute atomic E-state index is 0.208. The van der Waals surface area contributed by atoms with Gasteiger partial charge in [-0.25, -0.2) is 0 Å². The number of para-hydroxylation sites is 1. The predicted octanol–water partition coefficient (Wildman–Crippen LogP) is 7.78. The van der Waals surface area contributed by atoms with Gasteiger partial charge >= 0.3 is 92.4 Å². The number of fused-ring (bicyclic) bond motifs is 1. The summed E-state index contributed by atoms with van der Waals surface area (Å²) in [6.07, 6.45) is 8.87. The summed E-state index contributed by atoms with van der Waals surface area (Å²) in [6.45, 7) is 7.01. The molecule has 0 bridgehead atoms. The Morgan fingerprint density at radius 1 is 0.774 bits per heavy atom. The first-order chi connectivity index (χ1) is 15.1. The van der Waals surface area contributed by atoms with Crippen LogP contribution in [0.2, 0.25) is 13.3 Å². The number of unbranched alkanes of at least 4 members (excludes halogenated alkanes) is 3. The first kappa shape index (κ1) is 25.5. The Kier molecular flexibility index (Phi) is 11.8. The third-order valence-corrected chi connectivity index (χ3v) is 16.2. The van der Waals surface area contributed by atoms with E-state index in [0.29, 0.717) is 16.5 Å². The smallest absolute Gasteiger partial charge is 0.235 e. The van der Waals surface area contributed by atoms with E-state index in [2.05, 4.69) is 20.8 Å². The van der Waals surface area contributed by atoms with Crippen molar-refractivity contribution in [3.05, 3.63) is 64.8 Å². The Hall–Kier alpha value is -1.75. The molecule has 0 saturated carbocycles. The molecule has 168 valence electrons. The summed E-state index contributed by atoms with van der Waals surface area (Å²) in [7, 11) is 0. The normalized spacial score (nSPS) is 10.8. The second-order valence-electron chi connectivity index (χ2n) is 8.26. The van der Waals surface area contributed by atoms with Gasteiger partial charge in [0.05, 0.1) is 5.39 Å². The van der Waals surface area contributed by atoms with E-state index in [1.54, 1.807) is 49.7 Å². The van der Waals surface area contributed by atoms with Crippen molar-refractivity contribution < 1.29 is 9.52 Å². The third-order valence-electron chi connectivity index (χ3n) is 5.71. The second-order valence-corrected chi connectivity index (χ2v) is 18.2. The standard InChI is InChI=1S/C15H10O3.3C4H9.Sn.H/c16-13-11-8-4-5-9-12(11)18-15(14(13)17)10-6-2-1-3-7-10;3*1-3-4-2;;/h1-9,17H;3*1,3-4H2,2H3;;. The zero-order valence-electron chi connectivity index (χ0n) is 19.4. The summed E-state index contributed by atoms with van der Waals surface area (Å²) >= 11 is -0.967. The molecule has 1 N–H and O–H groups in total. The van der Waals surface area contributed by atoms with Crippen LogP contribution in [0.15, 0.2) is 63.8 Å². The van der Waals surface area contributed by atoms with Crippen LogP contribution >= 0.6 is 0 Å². The molecule has 0 aliphatic heterocycles. The fraction of sp³-hybridized carbons (Fsp3) is 0.444. The molecular weight excluding hydrogens is 491 g/mol. The molecule has 0 atom stereocenters. The average Bonchev–Trinajstić information content (AvgIpc) is 2.82. The molecule has 31 heavy (non-hydrogen) atoms.